The number of aliphatic hydroxyl groups excluding tert-OH is 4. The maximum Gasteiger partial charge on any atom is 0.306 e. The third kappa shape index (κ3) is 28.8. The van der Waals surface area contributed by atoms with Crippen LogP contribution in [-0.4, -0.2) is 89.0 Å². The van der Waals surface area contributed by atoms with Gasteiger partial charge in [-0.05, 0) is 38.5 Å². The van der Waals surface area contributed by atoms with Gasteiger partial charge in [-0.3, -0.25) is 9.59 Å². The Morgan fingerprint density at radius 3 is 1.39 bits per heavy atom. The standard InChI is InChI=1S/C46H86O10/c1-3-5-7-9-11-13-14-15-16-17-18-19-20-21-22-23-24-25-26-27-29-31-33-35-42(49)55-39(37-53-41(48)34-32-30-28-12-10-8-6-4-2)38-54-46-45(52)44(51)43(50)40(36-47)56-46/h17-18,39-40,43-47,50-52H,3-16,19-38H2,1-2H3/b18-17-. The number of aliphatic hydroxyl groups is 4. The predicted molar refractivity (Wildman–Crippen MR) is 224 cm³/mol. The highest BCUT2D eigenvalue weighted by molar-refractivity contribution is 5.70. The molecule has 0 aromatic heterocycles. The number of carbonyl (C=O) groups is 2. The summed E-state index contributed by atoms with van der Waals surface area (Å²) in [6, 6.07) is 0. The van der Waals surface area contributed by atoms with E-state index in [-0.39, 0.29) is 32.0 Å². The Kier molecular flexibility index (Phi) is 35.3. The number of unbranched alkanes of at least 4 members (excludes halogenated alkanes) is 26. The summed E-state index contributed by atoms with van der Waals surface area (Å²) in [6.07, 6.45) is 32.4. The Labute approximate surface area is 341 Å². The maximum absolute atomic E-state index is 12.8. The lowest BCUT2D eigenvalue weighted by atomic mass is 9.99. The first-order valence-corrected chi connectivity index (χ1v) is 23.3. The van der Waals surface area contributed by atoms with Crippen LogP contribution in [0.3, 0.4) is 0 Å². The Hall–Kier alpha value is -1.56. The molecular weight excluding hydrogens is 712 g/mol. The third-order valence-electron chi connectivity index (χ3n) is 10.9. The molecule has 0 spiro atoms. The van der Waals surface area contributed by atoms with E-state index in [0.29, 0.717) is 6.42 Å². The first-order valence-electron chi connectivity index (χ1n) is 23.3. The molecule has 1 fully saturated rings. The fourth-order valence-electron chi connectivity index (χ4n) is 7.18. The van der Waals surface area contributed by atoms with E-state index in [4.69, 9.17) is 18.9 Å². The van der Waals surface area contributed by atoms with Crippen LogP contribution >= 0.6 is 0 Å². The predicted octanol–water partition coefficient (Wildman–Crippen LogP) is 9.95. The second kappa shape index (κ2) is 37.7. The van der Waals surface area contributed by atoms with Gasteiger partial charge in [0.15, 0.2) is 12.4 Å². The molecule has 330 valence electrons. The Balaban J connectivity index is 2.21. The number of hydrogen-bond donors (Lipinski definition) is 4. The molecule has 10 nitrogen and oxygen atoms in total. The number of hydrogen-bond acceptors (Lipinski definition) is 10. The summed E-state index contributed by atoms with van der Waals surface area (Å²) in [4.78, 5) is 25.2. The second-order valence-corrected chi connectivity index (χ2v) is 16.2. The normalized spacial score (nSPS) is 20.4. The number of allylic oxidation sites excluding steroid dienone is 2. The highest BCUT2D eigenvalue weighted by Crippen LogP contribution is 2.23. The number of ether oxygens (including phenoxy) is 4. The van der Waals surface area contributed by atoms with E-state index in [9.17, 15) is 30.0 Å². The van der Waals surface area contributed by atoms with Crippen molar-refractivity contribution >= 4 is 11.9 Å². The largest absolute Gasteiger partial charge is 0.462 e. The highest BCUT2D eigenvalue weighted by Gasteiger charge is 2.44. The van der Waals surface area contributed by atoms with Gasteiger partial charge in [0.05, 0.1) is 13.2 Å². The summed E-state index contributed by atoms with van der Waals surface area (Å²) in [5, 5.41) is 40.0. The minimum Gasteiger partial charge on any atom is -0.462 e. The van der Waals surface area contributed by atoms with Gasteiger partial charge in [0.2, 0.25) is 0 Å². The summed E-state index contributed by atoms with van der Waals surface area (Å²) >= 11 is 0. The van der Waals surface area contributed by atoms with Crippen LogP contribution in [0.5, 0.6) is 0 Å². The molecule has 0 aliphatic carbocycles. The van der Waals surface area contributed by atoms with E-state index < -0.39 is 49.4 Å². The van der Waals surface area contributed by atoms with E-state index >= 15 is 0 Å². The molecule has 0 aromatic rings. The number of rotatable bonds is 39. The Morgan fingerprint density at radius 1 is 0.536 bits per heavy atom. The molecule has 10 heteroatoms. The van der Waals surface area contributed by atoms with Crippen molar-refractivity contribution in [3.05, 3.63) is 12.2 Å². The van der Waals surface area contributed by atoms with Crippen LogP contribution < -0.4 is 0 Å². The van der Waals surface area contributed by atoms with Crippen LogP contribution in [0.15, 0.2) is 12.2 Å². The van der Waals surface area contributed by atoms with Gasteiger partial charge in [-0.25, -0.2) is 0 Å². The van der Waals surface area contributed by atoms with Crippen molar-refractivity contribution in [2.45, 2.75) is 250 Å². The minimum absolute atomic E-state index is 0.213. The molecule has 0 bridgehead atoms. The molecule has 6 atom stereocenters. The molecule has 6 unspecified atom stereocenters. The Morgan fingerprint density at radius 2 is 0.946 bits per heavy atom. The minimum atomic E-state index is -1.59. The Bertz CT molecular complexity index is 928. The molecule has 56 heavy (non-hydrogen) atoms. The van der Waals surface area contributed by atoms with Gasteiger partial charge in [0, 0.05) is 12.8 Å². The van der Waals surface area contributed by atoms with Crippen molar-refractivity contribution < 1.29 is 49.0 Å². The van der Waals surface area contributed by atoms with Gasteiger partial charge >= 0.3 is 11.9 Å². The molecule has 0 saturated carbocycles. The third-order valence-corrected chi connectivity index (χ3v) is 10.9. The molecule has 1 aliphatic rings. The molecule has 1 saturated heterocycles. The average Bonchev–Trinajstić information content (AvgIpc) is 3.19. The van der Waals surface area contributed by atoms with E-state index in [2.05, 4.69) is 26.0 Å². The fraction of sp³-hybridized carbons (Fsp3) is 0.913. The molecule has 1 heterocycles. The van der Waals surface area contributed by atoms with Crippen molar-refractivity contribution in [2.75, 3.05) is 19.8 Å². The first kappa shape index (κ1) is 52.5. The fourth-order valence-corrected chi connectivity index (χ4v) is 7.18. The van der Waals surface area contributed by atoms with Crippen molar-refractivity contribution in [3.63, 3.8) is 0 Å². The monoisotopic (exact) mass is 799 g/mol. The van der Waals surface area contributed by atoms with Gasteiger partial charge in [-0.2, -0.15) is 0 Å². The molecule has 0 radical (unpaired) electrons. The molecule has 1 aliphatic heterocycles. The van der Waals surface area contributed by atoms with Crippen LogP contribution in [0, 0.1) is 0 Å². The topological polar surface area (TPSA) is 152 Å². The van der Waals surface area contributed by atoms with Crippen LogP contribution in [0.2, 0.25) is 0 Å². The maximum atomic E-state index is 12.8. The summed E-state index contributed by atoms with van der Waals surface area (Å²) in [6.45, 7) is 3.40. The van der Waals surface area contributed by atoms with E-state index in [1.165, 1.54) is 141 Å². The van der Waals surface area contributed by atoms with Crippen LogP contribution in [0.4, 0.5) is 0 Å². The van der Waals surface area contributed by atoms with Gasteiger partial charge in [0.1, 0.15) is 31.0 Å². The smallest absolute Gasteiger partial charge is 0.306 e. The summed E-state index contributed by atoms with van der Waals surface area (Å²) < 4.78 is 22.1. The zero-order valence-electron chi connectivity index (χ0n) is 35.9. The first-order chi connectivity index (χ1) is 27.3. The lowest BCUT2D eigenvalue weighted by Gasteiger charge is -2.39. The van der Waals surface area contributed by atoms with Crippen LogP contribution in [0.1, 0.15) is 213 Å². The number of carbonyl (C=O) groups excluding carboxylic acids is 2. The summed E-state index contributed by atoms with van der Waals surface area (Å²) in [5.74, 6) is -0.803. The van der Waals surface area contributed by atoms with Gasteiger partial charge < -0.3 is 39.4 Å². The zero-order valence-corrected chi connectivity index (χ0v) is 35.9. The van der Waals surface area contributed by atoms with Crippen molar-refractivity contribution in [1.82, 2.24) is 0 Å². The van der Waals surface area contributed by atoms with E-state index in [1.807, 2.05) is 0 Å². The van der Waals surface area contributed by atoms with Crippen molar-refractivity contribution in [1.29, 1.82) is 0 Å². The molecule has 0 amide bonds. The summed E-state index contributed by atoms with van der Waals surface area (Å²) in [5.41, 5.74) is 0. The number of esters is 2. The van der Waals surface area contributed by atoms with Gasteiger partial charge in [-0.1, -0.05) is 174 Å². The second-order valence-electron chi connectivity index (χ2n) is 16.2. The van der Waals surface area contributed by atoms with Crippen molar-refractivity contribution in [3.8, 4) is 0 Å². The zero-order chi connectivity index (χ0) is 40.9. The summed E-state index contributed by atoms with van der Waals surface area (Å²) in [7, 11) is 0. The highest BCUT2D eigenvalue weighted by atomic mass is 16.7. The quantitative estimate of drug-likeness (QED) is 0.0269. The van der Waals surface area contributed by atoms with E-state index in [0.717, 1.165) is 38.5 Å². The SMILES string of the molecule is CCCCCCCCCC/C=C\CCCCCCCCCCCCCC(=O)OC(COC(=O)CCCCCCCCCC)COC1OC(CO)C(O)C(O)C1O. The lowest BCUT2D eigenvalue weighted by Crippen LogP contribution is -2.59. The average molecular weight is 799 g/mol. The van der Waals surface area contributed by atoms with Crippen LogP contribution in [-0.2, 0) is 28.5 Å². The van der Waals surface area contributed by atoms with E-state index in [1.54, 1.807) is 0 Å². The van der Waals surface area contributed by atoms with Crippen LogP contribution in [0.25, 0.3) is 0 Å². The molecular formula is C46H86O10. The molecule has 1 rings (SSSR count). The van der Waals surface area contributed by atoms with Gasteiger partial charge in [-0.15, -0.1) is 0 Å². The lowest BCUT2D eigenvalue weighted by molar-refractivity contribution is -0.305. The molecule has 4 N–H and O–H groups in total. The van der Waals surface area contributed by atoms with Gasteiger partial charge in [0.25, 0.3) is 0 Å². The van der Waals surface area contributed by atoms with Crippen molar-refractivity contribution in [2.24, 2.45) is 0 Å². The molecule has 0 aromatic carbocycles.